The van der Waals surface area contributed by atoms with Crippen LogP contribution in [0.25, 0.3) is 0 Å². The van der Waals surface area contributed by atoms with Gasteiger partial charge in [-0.05, 0) is 45.0 Å². The highest BCUT2D eigenvalue weighted by Crippen LogP contribution is 2.31. The van der Waals surface area contributed by atoms with Crippen molar-refractivity contribution in [3.05, 3.63) is 22.7 Å². The summed E-state index contributed by atoms with van der Waals surface area (Å²) in [5, 5.41) is 3.16. The molecule has 1 heterocycles. The van der Waals surface area contributed by atoms with Gasteiger partial charge in [-0.15, -0.1) is 0 Å². The van der Waals surface area contributed by atoms with Crippen LogP contribution in [0.2, 0.25) is 0 Å². The van der Waals surface area contributed by atoms with Crippen LogP contribution in [-0.2, 0) is 10.0 Å². The molecule has 1 unspecified atom stereocenters. The molecule has 1 aliphatic rings. The van der Waals surface area contributed by atoms with Crippen LogP contribution in [0, 0.1) is 0 Å². The molecule has 1 N–H and O–H groups in total. The second-order valence-corrected chi connectivity index (χ2v) is 7.84. The molecule has 5 nitrogen and oxygen atoms in total. The maximum Gasteiger partial charge on any atom is 0.246 e. The van der Waals surface area contributed by atoms with Gasteiger partial charge in [-0.25, -0.2) is 8.42 Å². The fraction of sp³-hybridized carbons (Fsp3) is 0.571. The number of nitrogens with zero attached hydrogens (tertiary/aromatic N) is 1. The number of piperidine rings is 1. The van der Waals surface area contributed by atoms with Crippen LogP contribution in [0.5, 0.6) is 5.75 Å². The number of sulfonamides is 1. The molecule has 21 heavy (non-hydrogen) atoms. The zero-order valence-corrected chi connectivity index (χ0v) is 14.7. The van der Waals surface area contributed by atoms with Gasteiger partial charge in [0.2, 0.25) is 10.0 Å². The third kappa shape index (κ3) is 3.77. The third-order valence-electron chi connectivity index (χ3n) is 3.62. The first kappa shape index (κ1) is 16.7. The van der Waals surface area contributed by atoms with E-state index in [4.69, 9.17) is 4.74 Å². The molecule has 1 aliphatic heterocycles. The number of ether oxygens (including phenoxy) is 1. The molecule has 0 radical (unpaired) electrons. The fourth-order valence-corrected chi connectivity index (χ4v) is 4.69. The van der Waals surface area contributed by atoms with Crippen molar-refractivity contribution in [1.82, 2.24) is 9.62 Å². The minimum atomic E-state index is -3.54. The first-order valence-electron chi connectivity index (χ1n) is 7.08. The topological polar surface area (TPSA) is 58.6 Å². The van der Waals surface area contributed by atoms with Crippen molar-refractivity contribution in [2.24, 2.45) is 0 Å². The van der Waals surface area contributed by atoms with Gasteiger partial charge in [-0.3, -0.25) is 0 Å². The predicted molar refractivity (Wildman–Crippen MR) is 86.2 cm³/mol. The average molecular weight is 377 g/mol. The number of likely N-dealkylation sites (N-methyl/N-ethyl adjacent to an activating group) is 1. The van der Waals surface area contributed by atoms with Crippen LogP contribution in [-0.4, -0.2) is 45.5 Å². The number of hydrogen-bond acceptors (Lipinski definition) is 4. The van der Waals surface area contributed by atoms with Crippen LogP contribution in [0.4, 0.5) is 0 Å². The van der Waals surface area contributed by atoms with E-state index >= 15 is 0 Å². The van der Waals surface area contributed by atoms with E-state index in [0.717, 1.165) is 17.3 Å². The molecule has 2 rings (SSSR count). The molecule has 1 saturated heterocycles. The first-order valence-corrected chi connectivity index (χ1v) is 9.32. The number of rotatable bonds is 5. The summed E-state index contributed by atoms with van der Waals surface area (Å²) in [4.78, 5) is 0.232. The van der Waals surface area contributed by atoms with E-state index in [-0.39, 0.29) is 10.9 Å². The van der Waals surface area contributed by atoms with E-state index in [2.05, 4.69) is 21.2 Å². The molecule has 0 aromatic heterocycles. The zero-order chi connectivity index (χ0) is 15.5. The van der Waals surface area contributed by atoms with Gasteiger partial charge in [0.15, 0.2) is 0 Å². The third-order valence-corrected chi connectivity index (χ3v) is 6.00. The van der Waals surface area contributed by atoms with Gasteiger partial charge < -0.3 is 10.1 Å². The summed E-state index contributed by atoms with van der Waals surface area (Å²) >= 11 is 3.34. The predicted octanol–water partition coefficient (Wildman–Crippen LogP) is 2.22. The van der Waals surface area contributed by atoms with E-state index in [9.17, 15) is 8.42 Å². The standard InChI is InChI=1S/C14H21BrN2O3S/c1-3-20-13-7-6-11(15)9-14(13)21(18,19)17-8-4-5-12(10-17)16-2/h6-7,9,12,16H,3-5,8,10H2,1-2H3. The van der Waals surface area contributed by atoms with Gasteiger partial charge in [-0.2, -0.15) is 4.31 Å². The first-order chi connectivity index (χ1) is 9.98. The lowest BCUT2D eigenvalue weighted by molar-refractivity contribution is 0.289. The Bertz CT molecular complexity index is 592. The van der Waals surface area contributed by atoms with Gasteiger partial charge in [0, 0.05) is 23.6 Å². The summed E-state index contributed by atoms with van der Waals surface area (Å²) in [6.45, 7) is 3.33. The van der Waals surface area contributed by atoms with E-state index in [1.165, 1.54) is 0 Å². The minimum absolute atomic E-state index is 0.205. The Balaban J connectivity index is 2.36. The number of hydrogen-bond donors (Lipinski definition) is 1. The summed E-state index contributed by atoms with van der Waals surface area (Å²) < 4.78 is 33.5. The van der Waals surface area contributed by atoms with E-state index in [1.807, 2.05) is 14.0 Å². The Hall–Kier alpha value is -0.630. The zero-order valence-electron chi connectivity index (χ0n) is 12.3. The van der Waals surface area contributed by atoms with Gasteiger partial charge in [-0.1, -0.05) is 15.9 Å². The van der Waals surface area contributed by atoms with Gasteiger partial charge in [0.05, 0.1) is 6.61 Å². The quantitative estimate of drug-likeness (QED) is 0.855. The summed E-state index contributed by atoms with van der Waals surface area (Å²) in [6.07, 6.45) is 1.86. The van der Waals surface area contributed by atoms with Crippen LogP contribution < -0.4 is 10.1 Å². The van der Waals surface area contributed by atoms with E-state index in [1.54, 1.807) is 22.5 Å². The smallest absolute Gasteiger partial charge is 0.246 e. The number of halogens is 1. The van der Waals surface area contributed by atoms with Crippen LogP contribution in [0.1, 0.15) is 19.8 Å². The molecule has 1 aromatic carbocycles. The van der Waals surface area contributed by atoms with Crippen LogP contribution in [0.3, 0.4) is 0 Å². The molecule has 0 spiro atoms. The van der Waals surface area contributed by atoms with Crippen molar-refractivity contribution in [2.75, 3.05) is 26.7 Å². The highest BCUT2D eigenvalue weighted by molar-refractivity contribution is 9.10. The largest absolute Gasteiger partial charge is 0.492 e. The molecule has 1 aromatic rings. The van der Waals surface area contributed by atoms with Gasteiger partial charge >= 0.3 is 0 Å². The van der Waals surface area contributed by atoms with Crippen molar-refractivity contribution in [1.29, 1.82) is 0 Å². The van der Waals surface area contributed by atoms with Crippen LogP contribution >= 0.6 is 15.9 Å². The fourth-order valence-electron chi connectivity index (χ4n) is 2.49. The lowest BCUT2D eigenvalue weighted by Crippen LogP contribution is -2.46. The minimum Gasteiger partial charge on any atom is -0.492 e. The maximum absolute atomic E-state index is 12.9. The summed E-state index contributed by atoms with van der Waals surface area (Å²) in [7, 11) is -1.68. The molecule has 0 amide bonds. The molecular formula is C14H21BrN2O3S. The maximum atomic E-state index is 12.9. The van der Waals surface area contributed by atoms with Crippen LogP contribution in [0.15, 0.2) is 27.6 Å². The Kier molecular flexibility index (Phi) is 5.65. The number of nitrogens with one attached hydrogen (secondary N) is 1. The van der Waals surface area contributed by atoms with Crippen molar-refractivity contribution in [2.45, 2.75) is 30.7 Å². The lowest BCUT2D eigenvalue weighted by Gasteiger charge is -2.32. The monoisotopic (exact) mass is 376 g/mol. The molecule has 1 atom stereocenters. The van der Waals surface area contributed by atoms with E-state index in [0.29, 0.717) is 25.4 Å². The van der Waals surface area contributed by atoms with Gasteiger partial charge in [0.1, 0.15) is 10.6 Å². The van der Waals surface area contributed by atoms with Crippen molar-refractivity contribution in [3.8, 4) is 5.75 Å². The second kappa shape index (κ2) is 7.09. The normalized spacial score (nSPS) is 20.4. The Morgan fingerprint density at radius 3 is 2.90 bits per heavy atom. The van der Waals surface area contributed by atoms with E-state index < -0.39 is 10.0 Å². The number of benzene rings is 1. The Morgan fingerprint density at radius 2 is 2.24 bits per heavy atom. The summed E-state index contributed by atoms with van der Waals surface area (Å²) in [6, 6.07) is 5.30. The molecule has 7 heteroatoms. The molecular weight excluding hydrogens is 356 g/mol. The van der Waals surface area contributed by atoms with Crippen molar-refractivity contribution >= 4 is 26.0 Å². The van der Waals surface area contributed by atoms with Crippen molar-refractivity contribution < 1.29 is 13.2 Å². The van der Waals surface area contributed by atoms with Gasteiger partial charge in [0.25, 0.3) is 0 Å². The highest BCUT2D eigenvalue weighted by atomic mass is 79.9. The lowest BCUT2D eigenvalue weighted by atomic mass is 10.1. The second-order valence-electron chi connectivity index (χ2n) is 5.01. The van der Waals surface area contributed by atoms with Crippen molar-refractivity contribution in [3.63, 3.8) is 0 Å². The molecule has 118 valence electrons. The Labute approximate surface area is 134 Å². The molecule has 0 saturated carbocycles. The summed E-state index contributed by atoms with van der Waals surface area (Å²) in [5.74, 6) is 0.410. The average Bonchev–Trinajstić information content (AvgIpc) is 2.49. The SMILES string of the molecule is CCOc1ccc(Br)cc1S(=O)(=O)N1CCCC(NC)C1. The molecule has 0 bridgehead atoms. The Morgan fingerprint density at radius 1 is 1.48 bits per heavy atom. The molecule has 0 aliphatic carbocycles. The molecule has 1 fully saturated rings. The highest BCUT2D eigenvalue weighted by Gasteiger charge is 2.32. The summed E-state index contributed by atoms with van der Waals surface area (Å²) in [5.41, 5.74) is 0.